The molecule has 0 aromatic heterocycles. The van der Waals surface area contributed by atoms with Crippen molar-refractivity contribution in [3.63, 3.8) is 0 Å². The smallest absolute Gasteiger partial charge is 0.0871 e. The van der Waals surface area contributed by atoms with Crippen molar-refractivity contribution in [1.82, 2.24) is 5.32 Å². The lowest BCUT2D eigenvalue weighted by Crippen LogP contribution is -2.38. The van der Waals surface area contributed by atoms with E-state index in [4.69, 9.17) is 0 Å². The van der Waals surface area contributed by atoms with E-state index in [0.29, 0.717) is 0 Å². The van der Waals surface area contributed by atoms with Gasteiger partial charge in [-0.2, -0.15) is 0 Å². The molecule has 1 aromatic rings. The number of aliphatic hydroxyl groups is 1. The minimum atomic E-state index is -0.469. The number of hydrogen-bond acceptors (Lipinski definition) is 2. The molecule has 0 saturated heterocycles. The number of rotatable bonds is 7. The number of aliphatic hydroxyl groups excluding tert-OH is 1. The fraction of sp³-hybridized carbons (Fsp3) is 0.429. The third-order valence-electron chi connectivity index (χ3n) is 2.66. The van der Waals surface area contributed by atoms with Gasteiger partial charge in [0, 0.05) is 12.6 Å². The molecule has 0 amide bonds. The maximum Gasteiger partial charge on any atom is 0.0871 e. The Bertz CT molecular complexity index is 297. The van der Waals surface area contributed by atoms with Gasteiger partial charge in [0.05, 0.1) is 6.10 Å². The maximum atomic E-state index is 9.75. The molecule has 88 valence electrons. The third-order valence-corrected chi connectivity index (χ3v) is 2.66. The van der Waals surface area contributed by atoms with E-state index in [1.165, 1.54) is 5.56 Å². The summed E-state index contributed by atoms with van der Waals surface area (Å²) in [5.41, 5.74) is 1.24. The Balaban J connectivity index is 2.46. The lowest BCUT2D eigenvalue weighted by atomic mass is 10.1. The molecular formula is C14H21NO. The molecule has 2 nitrogen and oxygen atoms in total. The summed E-state index contributed by atoms with van der Waals surface area (Å²) in [6.07, 6.45) is 3.14. The first-order chi connectivity index (χ1) is 7.77. The van der Waals surface area contributed by atoms with Gasteiger partial charge in [-0.25, -0.2) is 0 Å². The third kappa shape index (κ3) is 4.17. The molecule has 1 aromatic carbocycles. The zero-order chi connectivity index (χ0) is 11.8. The average molecular weight is 219 g/mol. The molecule has 0 radical (unpaired) electrons. The molecule has 0 saturated carbocycles. The van der Waals surface area contributed by atoms with Crippen LogP contribution < -0.4 is 5.32 Å². The second-order valence-corrected chi connectivity index (χ2v) is 3.99. The lowest BCUT2D eigenvalue weighted by molar-refractivity contribution is 0.164. The second-order valence-electron chi connectivity index (χ2n) is 3.99. The minimum Gasteiger partial charge on any atom is -0.387 e. The molecule has 2 heteroatoms. The van der Waals surface area contributed by atoms with Crippen LogP contribution in [0.15, 0.2) is 43.0 Å². The van der Waals surface area contributed by atoms with Crippen molar-refractivity contribution in [2.24, 2.45) is 0 Å². The van der Waals surface area contributed by atoms with E-state index >= 15 is 0 Å². The predicted octanol–water partition coefficient (Wildman–Crippen LogP) is 2.49. The Morgan fingerprint density at radius 2 is 2.06 bits per heavy atom. The monoisotopic (exact) mass is 219 g/mol. The Kier molecular flexibility index (Phi) is 5.83. The molecule has 0 spiro atoms. The molecule has 1 rings (SSSR count). The molecule has 0 bridgehead atoms. The summed E-state index contributed by atoms with van der Waals surface area (Å²) in [5, 5.41) is 13.1. The standard InChI is InChI=1S/C14H21NO/c1-3-8-13(14(16)4-2)15-11-12-9-6-5-7-10-12/h4-7,9-10,13-16H,2-3,8,11H2,1H3/t13-,14-/m1/s1. The zero-order valence-electron chi connectivity index (χ0n) is 9.89. The van der Waals surface area contributed by atoms with Gasteiger partial charge in [-0.05, 0) is 12.0 Å². The Hall–Kier alpha value is -1.12. The van der Waals surface area contributed by atoms with Crippen LogP contribution in [0.4, 0.5) is 0 Å². The highest BCUT2D eigenvalue weighted by Gasteiger charge is 2.14. The summed E-state index contributed by atoms with van der Waals surface area (Å²) in [5.74, 6) is 0. The molecule has 0 fully saturated rings. The second kappa shape index (κ2) is 7.20. The highest BCUT2D eigenvalue weighted by molar-refractivity contribution is 5.14. The quantitative estimate of drug-likeness (QED) is 0.691. The van der Waals surface area contributed by atoms with Crippen molar-refractivity contribution in [3.8, 4) is 0 Å². The zero-order valence-corrected chi connectivity index (χ0v) is 9.89. The predicted molar refractivity (Wildman–Crippen MR) is 68.2 cm³/mol. The van der Waals surface area contributed by atoms with Gasteiger partial charge in [0.1, 0.15) is 0 Å². The normalized spacial score (nSPS) is 14.4. The van der Waals surface area contributed by atoms with Gasteiger partial charge < -0.3 is 10.4 Å². The van der Waals surface area contributed by atoms with Crippen molar-refractivity contribution in [2.75, 3.05) is 0 Å². The van der Waals surface area contributed by atoms with Gasteiger partial charge in [0.15, 0.2) is 0 Å². The first-order valence-corrected chi connectivity index (χ1v) is 5.85. The van der Waals surface area contributed by atoms with Crippen molar-refractivity contribution < 1.29 is 5.11 Å². The van der Waals surface area contributed by atoms with Gasteiger partial charge in [0.2, 0.25) is 0 Å². The maximum absolute atomic E-state index is 9.75. The summed E-state index contributed by atoms with van der Waals surface area (Å²) >= 11 is 0. The van der Waals surface area contributed by atoms with Gasteiger partial charge in [-0.1, -0.05) is 49.8 Å². The van der Waals surface area contributed by atoms with Crippen LogP contribution >= 0.6 is 0 Å². The Labute approximate surface area is 98.0 Å². The molecule has 16 heavy (non-hydrogen) atoms. The van der Waals surface area contributed by atoms with Crippen LogP contribution in [-0.2, 0) is 6.54 Å². The number of hydrogen-bond donors (Lipinski definition) is 2. The van der Waals surface area contributed by atoms with Crippen LogP contribution in [0.3, 0.4) is 0 Å². The first-order valence-electron chi connectivity index (χ1n) is 5.85. The molecular weight excluding hydrogens is 198 g/mol. The lowest BCUT2D eigenvalue weighted by Gasteiger charge is -2.21. The van der Waals surface area contributed by atoms with E-state index in [1.807, 2.05) is 18.2 Å². The SMILES string of the molecule is C=C[C@@H](O)[C@@H](CCC)NCc1ccccc1. The summed E-state index contributed by atoms with van der Waals surface area (Å²) in [4.78, 5) is 0. The van der Waals surface area contributed by atoms with Crippen LogP contribution in [-0.4, -0.2) is 17.3 Å². The van der Waals surface area contributed by atoms with E-state index in [1.54, 1.807) is 6.08 Å². The molecule has 2 N–H and O–H groups in total. The van der Waals surface area contributed by atoms with Gasteiger partial charge >= 0.3 is 0 Å². The van der Waals surface area contributed by atoms with Crippen molar-refractivity contribution in [3.05, 3.63) is 48.6 Å². The van der Waals surface area contributed by atoms with Crippen LogP contribution in [0.25, 0.3) is 0 Å². The van der Waals surface area contributed by atoms with E-state index in [0.717, 1.165) is 19.4 Å². The molecule has 0 unspecified atom stereocenters. The van der Waals surface area contributed by atoms with Crippen LogP contribution in [0, 0.1) is 0 Å². The van der Waals surface area contributed by atoms with Crippen molar-refractivity contribution >= 4 is 0 Å². The average Bonchev–Trinajstić information content (AvgIpc) is 2.34. The largest absolute Gasteiger partial charge is 0.387 e. The summed E-state index contributed by atoms with van der Waals surface area (Å²) in [6, 6.07) is 10.3. The minimum absolute atomic E-state index is 0.0997. The fourth-order valence-electron chi connectivity index (χ4n) is 1.71. The van der Waals surface area contributed by atoms with E-state index < -0.39 is 6.10 Å². The highest BCUT2D eigenvalue weighted by atomic mass is 16.3. The first kappa shape index (κ1) is 12.9. The highest BCUT2D eigenvalue weighted by Crippen LogP contribution is 2.06. The Morgan fingerprint density at radius 3 is 2.62 bits per heavy atom. The van der Waals surface area contributed by atoms with E-state index in [-0.39, 0.29) is 6.04 Å². The number of benzene rings is 1. The van der Waals surface area contributed by atoms with Gasteiger partial charge in [0.25, 0.3) is 0 Å². The fourth-order valence-corrected chi connectivity index (χ4v) is 1.71. The van der Waals surface area contributed by atoms with Crippen LogP contribution in [0.1, 0.15) is 25.3 Å². The van der Waals surface area contributed by atoms with E-state index in [9.17, 15) is 5.11 Å². The summed E-state index contributed by atoms with van der Waals surface area (Å²) in [7, 11) is 0. The van der Waals surface area contributed by atoms with Crippen molar-refractivity contribution in [1.29, 1.82) is 0 Å². The van der Waals surface area contributed by atoms with Gasteiger partial charge in [-0.15, -0.1) is 6.58 Å². The van der Waals surface area contributed by atoms with Gasteiger partial charge in [-0.3, -0.25) is 0 Å². The van der Waals surface area contributed by atoms with E-state index in [2.05, 4.69) is 31.0 Å². The van der Waals surface area contributed by atoms with Crippen LogP contribution in [0.5, 0.6) is 0 Å². The van der Waals surface area contributed by atoms with Crippen molar-refractivity contribution in [2.45, 2.75) is 38.5 Å². The molecule has 0 aliphatic heterocycles. The summed E-state index contributed by atoms with van der Waals surface area (Å²) < 4.78 is 0. The molecule has 0 heterocycles. The summed E-state index contributed by atoms with van der Waals surface area (Å²) in [6.45, 7) is 6.53. The topological polar surface area (TPSA) is 32.3 Å². The molecule has 0 aliphatic carbocycles. The number of nitrogens with one attached hydrogen (secondary N) is 1. The molecule has 2 atom stereocenters. The Morgan fingerprint density at radius 1 is 1.38 bits per heavy atom. The van der Waals surface area contributed by atoms with Crippen LogP contribution in [0.2, 0.25) is 0 Å². The molecule has 0 aliphatic rings.